The standard InChI is InChI=1S/C26H24FIN2O5S/c1-5-34-23-18(28)11-15(12-19(23)33-4)13-20-24(31)30-22(16-7-9-17(27)10-8-16)21(25(32)35-6-2)14(3)29-26(30)36-20/h7-13,22H,5-6H2,1-4H3/b20-13-/t22-/m0/s1. The fourth-order valence-corrected chi connectivity index (χ4v) is 5.84. The molecule has 1 aliphatic rings. The van der Waals surface area contributed by atoms with Crippen molar-refractivity contribution in [2.45, 2.75) is 26.8 Å². The molecule has 0 spiro atoms. The van der Waals surface area contributed by atoms with E-state index < -0.39 is 17.8 Å². The summed E-state index contributed by atoms with van der Waals surface area (Å²) in [6.07, 6.45) is 1.76. The van der Waals surface area contributed by atoms with E-state index in [1.165, 1.54) is 28.0 Å². The third-order valence-corrected chi connectivity index (χ3v) is 7.33. The number of carbonyl (C=O) groups excluding carboxylic acids is 1. The molecule has 0 saturated heterocycles. The average Bonchev–Trinajstić information content (AvgIpc) is 3.14. The lowest BCUT2D eigenvalue weighted by atomic mass is 9.96. The van der Waals surface area contributed by atoms with Crippen molar-refractivity contribution in [2.75, 3.05) is 20.3 Å². The van der Waals surface area contributed by atoms with E-state index in [-0.39, 0.29) is 17.7 Å². The summed E-state index contributed by atoms with van der Waals surface area (Å²) < 4.78 is 32.9. The van der Waals surface area contributed by atoms with Gasteiger partial charge in [0.25, 0.3) is 5.56 Å². The van der Waals surface area contributed by atoms with Crippen LogP contribution in [0.25, 0.3) is 6.08 Å². The number of esters is 1. The van der Waals surface area contributed by atoms with Crippen molar-refractivity contribution in [3.8, 4) is 11.5 Å². The molecule has 4 rings (SSSR count). The van der Waals surface area contributed by atoms with Gasteiger partial charge in [0, 0.05) is 0 Å². The van der Waals surface area contributed by atoms with Crippen molar-refractivity contribution in [2.24, 2.45) is 4.99 Å². The van der Waals surface area contributed by atoms with Crippen LogP contribution in [0.1, 0.15) is 37.9 Å². The van der Waals surface area contributed by atoms with Crippen LogP contribution in [-0.2, 0) is 9.53 Å². The Balaban J connectivity index is 1.92. The average molecular weight is 622 g/mol. The molecule has 0 saturated carbocycles. The number of aromatic nitrogens is 1. The number of carbonyl (C=O) groups is 1. The molecule has 0 N–H and O–H groups in total. The number of fused-ring (bicyclic) bond motifs is 1. The lowest BCUT2D eigenvalue weighted by molar-refractivity contribution is -0.139. The van der Waals surface area contributed by atoms with E-state index in [2.05, 4.69) is 27.6 Å². The highest BCUT2D eigenvalue weighted by molar-refractivity contribution is 14.1. The predicted molar refractivity (Wildman–Crippen MR) is 144 cm³/mol. The Bertz CT molecular complexity index is 1530. The summed E-state index contributed by atoms with van der Waals surface area (Å²) in [6.45, 7) is 5.99. The van der Waals surface area contributed by atoms with Crippen molar-refractivity contribution in [1.29, 1.82) is 0 Å². The molecule has 1 aliphatic heterocycles. The van der Waals surface area contributed by atoms with E-state index in [9.17, 15) is 14.0 Å². The quantitative estimate of drug-likeness (QED) is 0.295. The van der Waals surface area contributed by atoms with Crippen LogP contribution in [0.15, 0.2) is 57.5 Å². The zero-order valence-electron chi connectivity index (χ0n) is 20.1. The second-order valence-corrected chi connectivity index (χ2v) is 9.99. The molecule has 7 nitrogen and oxygen atoms in total. The molecule has 36 heavy (non-hydrogen) atoms. The minimum atomic E-state index is -0.793. The summed E-state index contributed by atoms with van der Waals surface area (Å²) in [5.41, 5.74) is 1.72. The Kier molecular flexibility index (Phi) is 7.94. The number of benzene rings is 2. The van der Waals surface area contributed by atoms with Gasteiger partial charge >= 0.3 is 5.97 Å². The van der Waals surface area contributed by atoms with E-state index in [0.717, 1.165) is 9.13 Å². The van der Waals surface area contributed by atoms with Gasteiger partial charge in [-0.2, -0.15) is 0 Å². The Morgan fingerprint density at radius 2 is 1.94 bits per heavy atom. The molecule has 0 radical (unpaired) electrons. The topological polar surface area (TPSA) is 79.1 Å². The molecule has 0 aliphatic carbocycles. The normalized spacial score (nSPS) is 15.4. The maximum absolute atomic E-state index is 13.7. The maximum atomic E-state index is 13.7. The molecule has 3 aromatic rings. The Hall–Kier alpha value is -2.99. The molecular weight excluding hydrogens is 598 g/mol. The monoisotopic (exact) mass is 622 g/mol. The second-order valence-electron chi connectivity index (χ2n) is 7.82. The van der Waals surface area contributed by atoms with Gasteiger partial charge in [0.15, 0.2) is 16.3 Å². The summed E-state index contributed by atoms with van der Waals surface area (Å²) >= 11 is 3.38. The van der Waals surface area contributed by atoms with Crippen molar-refractivity contribution in [1.82, 2.24) is 4.57 Å². The summed E-state index contributed by atoms with van der Waals surface area (Å²) in [5.74, 6) is 0.231. The molecular formula is C26H24FIN2O5S. The van der Waals surface area contributed by atoms with Gasteiger partial charge in [-0.25, -0.2) is 14.2 Å². The first-order valence-corrected chi connectivity index (χ1v) is 13.1. The SMILES string of the molecule is CCOC(=O)C1=C(C)N=c2s/c(=C\c3cc(I)c(OCC)c(OC)c3)c(=O)n2[C@H]1c1ccc(F)cc1. The fraction of sp³-hybridized carbons (Fsp3) is 0.269. The number of rotatable bonds is 7. The molecule has 2 aromatic carbocycles. The smallest absolute Gasteiger partial charge is 0.338 e. The van der Waals surface area contributed by atoms with E-state index in [0.29, 0.717) is 38.7 Å². The van der Waals surface area contributed by atoms with Crippen LogP contribution in [-0.4, -0.2) is 30.9 Å². The number of allylic oxidation sites excluding steroid dienone is 1. The third kappa shape index (κ3) is 4.96. The summed E-state index contributed by atoms with van der Waals surface area (Å²) in [7, 11) is 1.56. The number of methoxy groups -OCH3 is 1. The lowest BCUT2D eigenvalue weighted by Crippen LogP contribution is -2.39. The van der Waals surface area contributed by atoms with Gasteiger partial charge in [-0.05, 0) is 84.8 Å². The molecule has 188 valence electrons. The van der Waals surface area contributed by atoms with Crippen LogP contribution in [0.3, 0.4) is 0 Å². The zero-order chi connectivity index (χ0) is 26.0. The van der Waals surface area contributed by atoms with Crippen molar-refractivity contribution >= 4 is 46.0 Å². The number of hydrogen-bond acceptors (Lipinski definition) is 7. The maximum Gasteiger partial charge on any atom is 0.338 e. The van der Waals surface area contributed by atoms with Crippen LogP contribution in [0.5, 0.6) is 11.5 Å². The van der Waals surface area contributed by atoms with Crippen molar-refractivity contribution < 1.29 is 23.4 Å². The Morgan fingerprint density at radius 1 is 1.22 bits per heavy atom. The molecule has 10 heteroatoms. The number of nitrogens with zero attached hydrogens (tertiary/aromatic N) is 2. The molecule has 0 amide bonds. The van der Waals surface area contributed by atoms with Crippen LogP contribution in [0.4, 0.5) is 4.39 Å². The third-order valence-electron chi connectivity index (χ3n) is 5.54. The number of halogens is 2. The molecule has 1 aromatic heterocycles. The first-order valence-electron chi connectivity index (χ1n) is 11.2. The van der Waals surface area contributed by atoms with Gasteiger partial charge < -0.3 is 14.2 Å². The van der Waals surface area contributed by atoms with Crippen LogP contribution in [0, 0.1) is 9.39 Å². The van der Waals surface area contributed by atoms with Gasteiger partial charge in [-0.3, -0.25) is 9.36 Å². The molecule has 1 atom stereocenters. The highest BCUT2D eigenvalue weighted by atomic mass is 127. The minimum Gasteiger partial charge on any atom is -0.493 e. The zero-order valence-corrected chi connectivity index (χ0v) is 23.1. The Labute approximate surface area is 224 Å². The van der Waals surface area contributed by atoms with Crippen LogP contribution in [0.2, 0.25) is 0 Å². The molecule has 2 heterocycles. The fourth-order valence-electron chi connectivity index (χ4n) is 4.01. The van der Waals surface area contributed by atoms with E-state index >= 15 is 0 Å². The van der Waals surface area contributed by atoms with E-state index in [4.69, 9.17) is 14.2 Å². The largest absolute Gasteiger partial charge is 0.493 e. The van der Waals surface area contributed by atoms with E-state index in [1.54, 1.807) is 45.2 Å². The van der Waals surface area contributed by atoms with E-state index in [1.807, 2.05) is 13.0 Å². The summed E-state index contributed by atoms with van der Waals surface area (Å²) in [4.78, 5) is 31.6. The van der Waals surface area contributed by atoms with Gasteiger partial charge in [0.2, 0.25) is 0 Å². The van der Waals surface area contributed by atoms with Gasteiger partial charge in [0.1, 0.15) is 5.82 Å². The second kappa shape index (κ2) is 11.0. The predicted octanol–water partition coefficient (Wildman–Crippen LogP) is 3.95. The van der Waals surface area contributed by atoms with Crippen molar-refractivity contribution in [3.63, 3.8) is 0 Å². The first-order chi connectivity index (χ1) is 17.3. The highest BCUT2D eigenvalue weighted by Gasteiger charge is 2.33. The minimum absolute atomic E-state index is 0.175. The molecule has 0 fully saturated rings. The van der Waals surface area contributed by atoms with Crippen LogP contribution >= 0.6 is 33.9 Å². The molecule has 0 unspecified atom stereocenters. The lowest BCUT2D eigenvalue weighted by Gasteiger charge is -2.24. The number of hydrogen-bond donors (Lipinski definition) is 0. The number of thiazole rings is 1. The summed E-state index contributed by atoms with van der Waals surface area (Å²) in [5, 5.41) is 0. The van der Waals surface area contributed by atoms with Gasteiger partial charge in [-0.15, -0.1) is 0 Å². The summed E-state index contributed by atoms with van der Waals surface area (Å²) in [6, 6.07) is 8.65. The molecule has 0 bridgehead atoms. The van der Waals surface area contributed by atoms with Crippen molar-refractivity contribution in [3.05, 3.63) is 87.9 Å². The van der Waals surface area contributed by atoms with Gasteiger partial charge in [-0.1, -0.05) is 23.5 Å². The highest BCUT2D eigenvalue weighted by Crippen LogP contribution is 2.34. The van der Waals surface area contributed by atoms with Gasteiger partial charge in [0.05, 0.1) is 45.7 Å². The van der Waals surface area contributed by atoms with Crippen LogP contribution < -0.4 is 24.4 Å². The number of ether oxygens (including phenoxy) is 3. The first kappa shape index (κ1) is 26.1. The Morgan fingerprint density at radius 3 is 2.58 bits per heavy atom.